The maximum absolute atomic E-state index is 3.87. The second kappa shape index (κ2) is 2.70. The molecule has 0 radical (unpaired) electrons. The van der Waals surface area contributed by atoms with E-state index in [9.17, 15) is 0 Å². The van der Waals surface area contributed by atoms with Gasteiger partial charge in [0.1, 0.15) is 0 Å². The Bertz CT molecular complexity index is 84.6. The van der Waals surface area contributed by atoms with Crippen LogP contribution in [0.2, 0.25) is 0 Å². The molecule has 0 spiro atoms. The van der Waals surface area contributed by atoms with Crippen LogP contribution in [0.4, 0.5) is 0 Å². The lowest BCUT2D eigenvalue weighted by molar-refractivity contribution is 0.168. The monoisotopic (exact) mass is 126 g/mol. The first-order chi connectivity index (χ1) is 4.22. The van der Waals surface area contributed by atoms with Crippen molar-refractivity contribution in [2.24, 2.45) is 5.92 Å². The molecule has 1 atom stereocenters. The van der Waals surface area contributed by atoms with E-state index in [1.54, 1.807) is 0 Å². The van der Waals surface area contributed by atoms with Gasteiger partial charge in [-0.2, -0.15) is 0 Å². The summed E-state index contributed by atoms with van der Waals surface area (Å²) >= 11 is 0. The molecule has 0 aromatic carbocycles. The topological polar surface area (TPSA) is 3.24 Å². The largest absolute Gasteiger partial charge is 0.459 e. The van der Waals surface area contributed by atoms with Gasteiger partial charge in [-0.25, -0.2) is 0 Å². The molecule has 1 nitrogen and oxygen atoms in total. The molecule has 9 heavy (non-hydrogen) atoms. The Hall–Kier alpha value is -0.0400. The molecule has 54 valence electrons. The molecular weight excluding hydrogens is 110 g/mol. The highest BCUT2D eigenvalue weighted by Gasteiger charge is 2.22. The van der Waals surface area contributed by atoms with Crippen LogP contribution in [0.1, 0.15) is 26.2 Å². The van der Waals surface area contributed by atoms with Crippen molar-refractivity contribution in [1.82, 2.24) is 4.90 Å². The molecular formula is C8H16N-. The minimum Gasteiger partial charge on any atom is -0.459 e. The molecule has 0 saturated heterocycles. The number of nitrogens with zero attached hydrogens (tertiary/aromatic N) is 1. The average Bonchev–Trinajstić information content (AvgIpc) is 1.60. The highest BCUT2D eigenvalue weighted by molar-refractivity contribution is 4.79. The maximum atomic E-state index is 3.87. The van der Waals surface area contributed by atoms with E-state index >= 15 is 0 Å². The molecule has 0 bridgehead atoms. The third-order valence-corrected chi connectivity index (χ3v) is 2.53. The predicted octanol–water partition coefficient (Wildman–Crippen LogP) is 1.90. The van der Waals surface area contributed by atoms with Gasteiger partial charge in [-0.1, -0.05) is 13.3 Å². The molecule has 1 aliphatic carbocycles. The number of rotatable bonds is 2. The lowest BCUT2D eigenvalue weighted by atomic mass is 9.80. The van der Waals surface area contributed by atoms with Gasteiger partial charge in [-0.3, -0.25) is 7.05 Å². The van der Waals surface area contributed by atoms with Crippen LogP contribution in [-0.4, -0.2) is 18.0 Å². The summed E-state index contributed by atoms with van der Waals surface area (Å²) in [4.78, 5) is 2.07. The Morgan fingerprint density at radius 3 is 2.22 bits per heavy atom. The van der Waals surface area contributed by atoms with Crippen LogP contribution < -0.4 is 0 Å². The minimum absolute atomic E-state index is 0.693. The first-order valence-electron chi connectivity index (χ1n) is 3.75. The summed E-state index contributed by atoms with van der Waals surface area (Å²) in [5, 5.41) is 0. The predicted molar refractivity (Wildman–Crippen MR) is 39.9 cm³/mol. The first-order valence-corrected chi connectivity index (χ1v) is 3.75. The highest BCUT2D eigenvalue weighted by Crippen LogP contribution is 2.31. The number of hydrogen-bond donors (Lipinski definition) is 0. The van der Waals surface area contributed by atoms with Crippen LogP contribution in [-0.2, 0) is 0 Å². The molecule has 0 aromatic heterocycles. The normalized spacial score (nSPS) is 24.0. The Balaban J connectivity index is 2.23. The molecule has 1 aliphatic rings. The molecule has 0 aliphatic heterocycles. The first kappa shape index (κ1) is 7.07. The van der Waals surface area contributed by atoms with E-state index in [1.807, 2.05) is 0 Å². The minimum atomic E-state index is 0.693. The highest BCUT2D eigenvalue weighted by atomic mass is 15.1. The van der Waals surface area contributed by atoms with Gasteiger partial charge in [0, 0.05) is 0 Å². The summed E-state index contributed by atoms with van der Waals surface area (Å²) in [5.41, 5.74) is 0. The third-order valence-electron chi connectivity index (χ3n) is 2.53. The number of hydrogen-bond acceptors (Lipinski definition) is 1. The van der Waals surface area contributed by atoms with E-state index in [1.165, 1.54) is 19.3 Å². The van der Waals surface area contributed by atoms with Gasteiger partial charge in [0.15, 0.2) is 0 Å². The summed E-state index contributed by atoms with van der Waals surface area (Å²) in [7, 11) is 5.93. The molecule has 0 amide bonds. The Morgan fingerprint density at radius 2 is 2.11 bits per heavy atom. The van der Waals surface area contributed by atoms with Crippen molar-refractivity contribution >= 4 is 0 Å². The summed E-state index contributed by atoms with van der Waals surface area (Å²) in [6.45, 7) is 2.26. The molecule has 0 N–H and O–H groups in total. The van der Waals surface area contributed by atoms with E-state index in [0.717, 1.165) is 5.92 Å². The zero-order chi connectivity index (χ0) is 6.85. The zero-order valence-electron chi connectivity index (χ0n) is 6.43. The maximum Gasteiger partial charge on any atom is -0.0187 e. The van der Waals surface area contributed by atoms with Gasteiger partial charge < -0.3 is 4.90 Å². The average molecular weight is 126 g/mol. The Kier molecular flexibility index (Phi) is 2.12. The summed E-state index contributed by atoms with van der Waals surface area (Å²) < 4.78 is 0. The van der Waals surface area contributed by atoms with Crippen molar-refractivity contribution in [3.05, 3.63) is 7.05 Å². The van der Waals surface area contributed by atoms with Crippen LogP contribution in [0, 0.1) is 13.0 Å². The van der Waals surface area contributed by atoms with Crippen molar-refractivity contribution in [3.8, 4) is 0 Å². The van der Waals surface area contributed by atoms with Gasteiger partial charge in [0.2, 0.25) is 0 Å². The molecule has 1 fully saturated rings. The van der Waals surface area contributed by atoms with Gasteiger partial charge in [0.05, 0.1) is 0 Å². The quantitative estimate of drug-likeness (QED) is 0.511. The summed E-state index contributed by atoms with van der Waals surface area (Å²) in [5.74, 6) is 0.937. The van der Waals surface area contributed by atoms with Crippen LogP contribution in [0.25, 0.3) is 0 Å². The third kappa shape index (κ3) is 1.45. The Labute approximate surface area is 58.0 Å². The fraction of sp³-hybridized carbons (Fsp3) is 0.875. The van der Waals surface area contributed by atoms with Crippen molar-refractivity contribution in [2.75, 3.05) is 7.05 Å². The van der Waals surface area contributed by atoms with E-state index in [0.29, 0.717) is 6.04 Å². The van der Waals surface area contributed by atoms with Crippen molar-refractivity contribution in [2.45, 2.75) is 32.2 Å². The standard InChI is InChI=1S/C8H16N/c1-7(9(2)3)8-5-4-6-8/h7-8H,2,4-6H2,1,3H3/q-1. The van der Waals surface area contributed by atoms with Crippen LogP contribution in [0.3, 0.4) is 0 Å². The van der Waals surface area contributed by atoms with Gasteiger partial charge in [-0.15, -0.1) is 0 Å². The SMILES string of the molecule is [CH2-]N(C)C(C)C1CCC1. The van der Waals surface area contributed by atoms with Crippen LogP contribution in [0.5, 0.6) is 0 Å². The second-order valence-electron chi connectivity index (χ2n) is 3.19. The van der Waals surface area contributed by atoms with Gasteiger partial charge in [-0.05, 0) is 31.8 Å². The lowest BCUT2D eigenvalue weighted by Crippen LogP contribution is -2.34. The van der Waals surface area contributed by atoms with Gasteiger partial charge >= 0.3 is 0 Å². The molecule has 0 aromatic rings. The van der Waals surface area contributed by atoms with Crippen LogP contribution in [0.15, 0.2) is 0 Å². The second-order valence-corrected chi connectivity index (χ2v) is 3.19. The zero-order valence-corrected chi connectivity index (χ0v) is 6.43. The van der Waals surface area contributed by atoms with Crippen LogP contribution >= 0.6 is 0 Å². The van der Waals surface area contributed by atoms with E-state index < -0.39 is 0 Å². The fourth-order valence-corrected chi connectivity index (χ4v) is 1.28. The fourth-order valence-electron chi connectivity index (χ4n) is 1.28. The van der Waals surface area contributed by atoms with Crippen molar-refractivity contribution in [1.29, 1.82) is 0 Å². The summed E-state index contributed by atoms with van der Waals surface area (Å²) in [6, 6.07) is 0.693. The van der Waals surface area contributed by atoms with Crippen molar-refractivity contribution < 1.29 is 0 Å². The van der Waals surface area contributed by atoms with E-state index in [-0.39, 0.29) is 0 Å². The molecule has 1 rings (SSSR count). The van der Waals surface area contributed by atoms with E-state index in [2.05, 4.69) is 25.9 Å². The molecule has 1 saturated carbocycles. The summed E-state index contributed by atoms with van der Waals surface area (Å²) in [6.07, 6.45) is 4.27. The lowest BCUT2D eigenvalue weighted by Gasteiger charge is -2.39. The van der Waals surface area contributed by atoms with Crippen molar-refractivity contribution in [3.63, 3.8) is 0 Å². The molecule has 0 heterocycles. The smallest absolute Gasteiger partial charge is 0.0187 e. The Morgan fingerprint density at radius 1 is 1.56 bits per heavy atom. The van der Waals surface area contributed by atoms with E-state index in [4.69, 9.17) is 0 Å². The molecule has 1 unspecified atom stereocenters. The van der Waals surface area contributed by atoms with Gasteiger partial charge in [0.25, 0.3) is 0 Å². The molecule has 1 heteroatoms.